The Labute approximate surface area is 88.6 Å². The topological polar surface area (TPSA) is 24.5 Å². The molecule has 15 heavy (non-hydrogen) atoms. The lowest BCUT2D eigenvalue weighted by atomic mass is 10.5. The summed E-state index contributed by atoms with van der Waals surface area (Å²) < 4.78 is 39.5. The van der Waals surface area contributed by atoms with E-state index in [4.69, 9.17) is 0 Å². The van der Waals surface area contributed by atoms with E-state index in [2.05, 4.69) is 10.1 Å². The van der Waals surface area contributed by atoms with E-state index in [1.165, 1.54) is 0 Å². The molecule has 1 N–H and O–H groups in total. The van der Waals surface area contributed by atoms with Crippen LogP contribution in [0.3, 0.4) is 0 Å². The number of hydrogen-bond acceptors (Lipinski definition) is 3. The van der Waals surface area contributed by atoms with E-state index >= 15 is 0 Å². The standard InChI is InChI=1S/C9H19F3N2O/c1-3-13-4-5-14(2)6-7-15-8-9(10,11)12/h13H,3-8H2,1-2H3. The molecule has 0 radical (unpaired) electrons. The second-order valence-corrected chi connectivity index (χ2v) is 3.32. The van der Waals surface area contributed by atoms with Crippen molar-refractivity contribution >= 4 is 0 Å². The minimum absolute atomic E-state index is 0.113. The molecule has 0 aromatic rings. The summed E-state index contributed by atoms with van der Waals surface area (Å²) in [6, 6.07) is 0. The highest BCUT2D eigenvalue weighted by Gasteiger charge is 2.27. The molecule has 0 aliphatic heterocycles. The van der Waals surface area contributed by atoms with Crippen molar-refractivity contribution in [2.24, 2.45) is 0 Å². The molecule has 0 bridgehead atoms. The van der Waals surface area contributed by atoms with Crippen LogP contribution in [0.2, 0.25) is 0 Å². The van der Waals surface area contributed by atoms with Gasteiger partial charge >= 0.3 is 6.18 Å². The molecule has 0 rings (SSSR count). The van der Waals surface area contributed by atoms with Crippen molar-refractivity contribution in [2.75, 3.05) is 46.4 Å². The van der Waals surface area contributed by atoms with Gasteiger partial charge in [0.2, 0.25) is 0 Å². The fourth-order valence-corrected chi connectivity index (χ4v) is 0.967. The first-order valence-electron chi connectivity index (χ1n) is 4.99. The lowest BCUT2D eigenvalue weighted by molar-refractivity contribution is -0.174. The van der Waals surface area contributed by atoms with Gasteiger partial charge < -0.3 is 15.0 Å². The van der Waals surface area contributed by atoms with Gasteiger partial charge in [-0.25, -0.2) is 0 Å². The largest absolute Gasteiger partial charge is 0.411 e. The number of nitrogens with zero attached hydrogens (tertiary/aromatic N) is 1. The van der Waals surface area contributed by atoms with E-state index in [-0.39, 0.29) is 6.61 Å². The molecule has 3 nitrogen and oxygen atoms in total. The highest BCUT2D eigenvalue weighted by molar-refractivity contribution is 4.54. The zero-order valence-corrected chi connectivity index (χ0v) is 9.23. The van der Waals surface area contributed by atoms with Crippen molar-refractivity contribution in [3.05, 3.63) is 0 Å². The van der Waals surface area contributed by atoms with Gasteiger partial charge in [0.05, 0.1) is 6.61 Å². The molecule has 6 heteroatoms. The summed E-state index contributed by atoms with van der Waals surface area (Å²) in [6.45, 7) is 4.03. The van der Waals surface area contributed by atoms with Crippen LogP contribution in [0.15, 0.2) is 0 Å². The number of alkyl halides is 3. The van der Waals surface area contributed by atoms with Gasteiger partial charge in [0.15, 0.2) is 0 Å². The number of halogens is 3. The Balaban J connectivity index is 3.27. The third-order valence-corrected chi connectivity index (χ3v) is 1.80. The number of rotatable bonds is 8. The second-order valence-electron chi connectivity index (χ2n) is 3.32. The summed E-state index contributed by atoms with van der Waals surface area (Å²) in [5.74, 6) is 0. The highest BCUT2D eigenvalue weighted by atomic mass is 19.4. The van der Waals surface area contributed by atoms with Crippen LogP contribution >= 0.6 is 0 Å². The number of nitrogens with one attached hydrogen (secondary N) is 1. The van der Waals surface area contributed by atoms with Crippen LogP contribution in [-0.4, -0.2) is 57.5 Å². The monoisotopic (exact) mass is 228 g/mol. The van der Waals surface area contributed by atoms with Gasteiger partial charge in [-0.05, 0) is 13.6 Å². The van der Waals surface area contributed by atoms with Gasteiger partial charge in [-0.1, -0.05) is 6.92 Å². The van der Waals surface area contributed by atoms with E-state index in [0.29, 0.717) is 6.54 Å². The average molecular weight is 228 g/mol. The molecular formula is C9H19F3N2O. The minimum Gasteiger partial charge on any atom is -0.371 e. The quantitative estimate of drug-likeness (QED) is 0.630. The summed E-state index contributed by atoms with van der Waals surface area (Å²) in [4.78, 5) is 1.93. The Kier molecular flexibility index (Phi) is 7.72. The SMILES string of the molecule is CCNCCN(C)CCOCC(F)(F)F. The van der Waals surface area contributed by atoms with Crippen LogP contribution in [0.1, 0.15) is 6.92 Å². The molecule has 0 aliphatic carbocycles. The highest BCUT2D eigenvalue weighted by Crippen LogP contribution is 2.13. The molecule has 0 amide bonds. The molecule has 0 spiro atoms. The van der Waals surface area contributed by atoms with Crippen molar-refractivity contribution < 1.29 is 17.9 Å². The van der Waals surface area contributed by atoms with Crippen molar-refractivity contribution in [3.63, 3.8) is 0 Å². The molecule has 0 aromatic heterocycles. The van der Waals surface area contributed by atoms with Crippen LogP contribution in [0, 0.1) is 0 Å². The van der Waals surface area contributed by atoms with Gasteiger partial charge in [-0.3, -0.25) is 0 Å². The Hall–Kier alpha value is -0.330. The molecule has 0 aromatic carbocycles. The molecule has 0 fully saturated rings. The average Bonchev–Trinajstić information content (AvgIpc) is 2.11. The van der Waals surface area contributed by atoms with Crippen molar-refractivity contribution in [3.8, 4) is 0 Å². The minimum atomic E-state index is -4.22. The van der Waals surface area contributed by atoms with E-state index in [1.807, 2.05) is 18.9 Å². The van der Waals surface area contributed by atoms with Crippen molar-refractivity contribution in [1.29, 1.82) is 0 Å². The first-order valence-corrected chi connectivity index (χ1v) is 4.99. The maximum absolute atomic E-state index is 11.7. The van der Waals surface area contributed by atoms with Gasteiger partial charge in [-0.2, -0.15) is 13.2 Å². The predicted octanol–water partition coefficient (Wildman–Crippen LogP) is 1.11. The molecule has 0 atom stereocenters. The first-order chi connectivity index (χ1) is 6.95. The second kappa shape index (κ2) is 7.90. The summed E-state index contributed by atoms with van der Waals surface area (Å²) in [7, 11) is 1.86. The Morgan fingerprint density at radius 1 is 1.27 bits per heavy atom. The Morgan fingerprint density at radius 3 is 2.47 bits per heavy atom. The van der Waals surface area contributed by atoms with Crippen molar-refractivity contribution in [1.82, 2.24) is 10.2 Å². The summed E-state index contributed by atoms with van der Waals surface area (Å²) in [5, 5.41) is 3.13. The smallest absolute Gasteiger partial charge is 0.371 e. The molecule has 92 valence electrons. The molecule has 0 heterocycles. The number of ether oxygens (including phenoxy) is 1. The zero-order chi connectivity index (χ0) is 11.7. The van der Waals surface area contributed by atoms with Gasteiger partial charge in [0, 0.05) is 19.6 Å². The van der Waals surface area contributed by atoms with Crippen LogP contribution in [0.4, 0.5) is 13.2 Å². The van der Waals surface area contributed by atoms with Gasteiger partial charge in [0.25, 0.3) is 0 Å². The Morgan fingerprint density at radius 2 is 1.93 bits per heavy atom. The summed E-state index contributed by atoms with van der Waals surface area (Å²) in [6.07, 6.45) is -4.22. The van der Waals surface area contributed by atoms with Crippen LogP contribution in [0.5, 0.6) is 0 Å². The van der Waals surface area contributed by atoms with Gasteiger partial charge in [-0.15, -0.1) is 0 Å². The van der Waals surface area contributed by atoms with E-state index < -0.39 is 12.8 Å². The summed E-state index contributed by atoms with van der Waals surface area (Å²) in [5.41, 5.74) is 0. The fourth-order valence-electron chi connectivity index (χ4n) is 0.967. The van der Waals surface area contributed by atoms with E-state index in [0.717, 1.165) is 19.6 Å². The number of hydrogen-bond donors (Lipinski definition) is 1. The fraction of sp³-hybridized carbons (Fsp3) is 1.00. The Bertz CT molecular complexity index is 153. The van der Waals surface area contributed by atoms with Crippen LogP contribution in [0.25, 0.3) is 0 Å². The normalized spacial score (nSPS) is 12.4. The first kappa shape index (κ1) is 14.7. The zero-order valence-electron chi connectivity index (χ0n) is 9.23. The maximum Gasteiger partial charge on any atom is 0.411 e. The van der Waals surface area contributed by atoms with Crippen molar-refractivity contribution in [2.45, 2.75) is 13.1 Å². The third kappa shape index (κ3) is 11.6. The molecule has 0 unspecified atom stereocenters. The molecule has 0 aliphatic rings. The van der Waals surface area contributed by atoms with Crippen LogP contribution in [-0.2, 0) is 4.74 Å². The molecule has 0 saturated heterocycles. The van der Waals surface area contributed by atoms with E-state index in [1.54, 1.807) is 0 Å². The van der Waals surface area contributed by atoms with E-state index in [9.17, 15) is 13.2 Å². The maximum atomic E-state index is 11.7. The summed E-state index contributed by atoms with van der Waals surface area (Å²) >= 11 is 0. The number of likely N-dealkylation sites (N-methyl/N-ethyl adjacent to an activating group) is 2. The predicted molar refractivity (Wildman–Crippen MR) is 52.9 cm³/mol. The molecule has 0 saturated carbocycles. The third-order valence-electron chi connectivity index (χ3n) is 1.80. The van der Waals surface area contributed by atoms with Crippen LogP contribution < -0.4 is 5.32 Å². The molecular weight excluding hydrogens is 209 g/mol. The van der Waals surface area contributed by atoms with Gasteiger partial charge in [0.1, 0.15) is 6.61 Å². The lowest BCUT2D eigenvalue weighted by Gasteiger charge is -2.16. The lowest BCUT2D eigenvalue weighted by Crippen LogP contribution is -2.32.